The minimum atomic E-state index is -0.404. The number of nitrogens with one attached hydrogen (secondary N) is 10. The van der Waals surface area contributed by atoms with E-state index in [0.717, 1.165) is 83.8 Å². The van der Waals surface area contributed by atoms with Gasteiger partial charge in [-0.05, 0) is 180 Å². The van der Waals surface area contributed by atoms with Gasteiger partial charge in [-0.2, -0.15) is 0 Å². The molecule has 0 aromatic rings. The summed E-state index contributed by atoms with van der Waals surface area (Å²) in [5.41, 5.74) is 17.2. The zero-order valence-corrected chi connectivity index (χ0v) is 82.7. The predicted octanol–water partition coefficient (Wildman–Crippen LogP) is -1.38. The molecule has 14 bridgehead atoms. The number of unbranched alkanes of at least 4 members (excludes halogenated alkanes) is 2. The summed E-state index contributed by atoms with van der Waals surface area (Å²) in [5.74, 6) is -1.55. The molecule has 16 atom stereocenters. The van der Waals surface area contributed by atoms with Gasteiger partial charge in [0.2, 0.25) is 0 Å². The number of hydroxylamine groups is 7. The van der Waals surface area contributed by atoms with Gasteiger partial charge in [0, 0.05) is 139 Å². The zero-order chi connectivity index (χ0) is 98.5. The van der Waals surface area contributed by atoms with Crippen molar-refractivity contribution < 1.29 is 101 Å². The highest BCUT2D eigenvalue weighted by Gasteiger charge is 2.52. The van der Waals surface area contributed by atoms with Crippen molar-refractivity contribution in [2.45, 2.75) is 246 Å². The lowest BCUT2D eigenvalue weighted by atomic mass is 10.0. The van der Waals surface area contributed by atoms with Crippen molar-refractivity contribution in [3.63, 3.8) is 0 Å². The van der Waals surface area contributed by atoms with Gasteiger partial charge in [0.25, 0.3) is 41.4 Å². The maximum Gasteiger partial charge on any atom is 0.320 e. The number of piperidine rings is 7. The van der Waals surface area contributed by atoms with E-state index >= 15 is 0 Å². The minimum absolute atomic E-state index is 0.0476. The van der Waals surface area contributed by atoms with Crippen molar-refractivity contribution in [1.29, 1.82) is 0 Å². The second-order valence-electron chi connectivity index (χ2n) is 37.5. The highest BCUT2D eigenvalue weighted by atomic mass is 16.7. The third kappa shape index (κ3) is 29.6. The Labute approximate surface area is 789 Å². The maximum absolute atomic E-state index is 12.2. The van der Waals surface area contributed by atoms with E-state index in [1.165, 1.54) is 0 Å². The fourth-order valence-electron chi connectivity index (χ4n) is 18.0. The first-order valence-electron chi connectivity index (χ1n) is 47.4. The van der Waals surface area contributed by atoms with E-state index in [2.05, 4.69) is 80.0 Å². The summed E-state index contributed by atoms with van der Waals surface area (Å²) in [6.45, 7) is 20.6. The number of carbonyl (C=O) groups is 14. The van der Waals surface area contributed by atoms with Gasteiger partial charge < -0.3 is 99.2 Å². The largest absolute Gasteiger partial charge is 0.323 e. The molecule has 48 heteroatoms. The summed E-state index contributed by atoms with van der Waals surface area (Å²) in [4.78, 5) is 234. The molecule has 14 saturated heterocycles. The lowest BCUT2D eigenvalue weighted by Crippen LogP contribution is -2.50. The summed E-state index contributed by atoms with van der Waals surface area (Å²) in [6.07, 6.45) is 14.1. The van der Waals surface area contributed by atoms with E-state index in [1.54, 1.807) is 118 Å². The molecule has 48 nitrogen and oxygen atoms in total. The standard InChI is InChI=1S/C14H26N4O3.C13H23N3O3.4C12H22N4O3.C11H20N4O3/c1-10(2)16(3)7-8-21-15-13(19)12-6-5-11-9-18(12)14(20)17(11)4;1-3-4-5-8-19-14-12(17)11-7-6-10-9-16(11)13(18)15(10)2;2*1-8(13-2)7-19-14-11(17)10-5-4-9-6-16(10)12(18)15(9)3;2*1-14(2)6-7-19-13-11(17)10-5-4-9-8-16(10)12(18)15(9)3;1-12-5-6-18-13-10(16)9-4-3-8-7-15(9)11(17)14(8)2/h10-12H,5-9H2,1-4H3,(H,15,19);10-11H,3-9H2,1-2H3,(H,14,17);2*8-10,13H,4-7H2,1-3H3,(H,14,17);2*9-10H,4-8H2,1-3H3,(H,13,17);8-9,12H,3-7H2,1-2H3,(H,13,16)/t11-,12+;10-,11+;8-,9+,10-;8-,9-,10+;2*9-,10+;8-,9+/m1101111/s1. The number of likely N-dealkylation sites (N-methyl/N-ethyl adjacent to an activating group) is 13. The average Bonchev–Trinajstić information content (AvgIpc) is 1.68. The Hall–Kier alpha value is -9.34. The molecule has 14 aliphatic rings. The van der Waals surface area contributed by atoms with Crippen LogP contribution in [0.2, 0.25) is 0 Å². The molecule has 0 aliphatic carbocycles. The molecule has 14 aliphatic heterocycles. The summed E-state index contributed by atoms with van der Waals surface area (Å²) in [7, 11) is 27.8. The first-order chi connectivity index (χ1) is 63.8. The number of amides is 21. The van der Waals surface area contributed by atoms with Crippen LogP contribution >= 0.6 is 0 Å². The number of fused-ring (bicyclic) bond motifs is 14. The first-order valence-corrected chi connectivity index (χ1v) is 47.4. The molecule has 0 unspecified atom stereocenters. The third-order valence-electron chi connectivity index (χ3n) is 27.6. The minimum Gasteiger partial charge on any atom is -0.323 e. The van der Waals surface area contributed by atoms with Crippen molar-refractivity contribution in [2.75, 3.05) is 224 Å². The van der Waals surface area contributed by atoms with Gasteiger partial charge in [-0.3, -0.25) is 67.4 Å². The number of rotatable bonds is 37. The fraction of sp³-hybridized carbons (Fsp3) is 0.837. The molecule has 0 aromatic carbocycles. The van der Waals surface area contributed by atoms with Crippen molar-refractivity contribution in [1.82, 2.24) is 138 Å². The van der Waals surface area contributed by atoms with Crippen LogP contribution in [0.1, 0.15) is 144 Å². The molecular weight excluding hydrogens is 1750 g/mol. The van der Waals surface area contributed by atoms with E-state index in [-0.39, 0.29) is 144 Å². The van der Waals surface area contributed by atoms with E-state index in [4.69, 9.17) is 33.9 Å². The molecule has 762 valence electrons. The number of hydrogen-bond acceptors (Lipinski definition) is 27. The predicted molar refractivity (Wildman–Crippen MR) is 491 cm³/mol. The van der Waals surface area contributed by atoms with Crippen molar-refractivity contribution in [3.05, 3.63) is 0 Å². The van der Waals surface area contributed by atoms with E-state index in [0.29, 0.717) is 150 Å². The van der Waals surface area contributed by atoms with Gasteiger partial charge >= 0.3 is 42.2 Å². The van der Waals surface area contributed by atoms with Gasteiger partial charge in [-0.15, -0.1) is 0 Å². The van der Waals surface area contributed by atoms with Gasteiger partial charge in [0.05, 0.1) is 88.5 Å². The molecule has 0 aromatic heterocycles. The molecule has 14 fully saturated rings. The van der Waals surface area contributed by atoms with Crippen LogP contribution in [0.25, 0.3) is 0 Å². The summed E-state index contributed by atoms with van der Waals surface area (Å²) in [6, 6.07) is -0.628. The summed E-state index contributed by atoms with van der Waals surface area (Å²) >= 11 is 0. The molecule has 10 N–H and O–H groups in total. The molecule has 0 spiro atoms. The molecule has 0 radical (unpaired) electrons. The monoisotopic (exact) mass is 1900 g/mol. The van der Waals surface area contributed by atoms with E-state index in [9.17, 15) is 67.1 Å². The number of hydrogen-bond donors (Lipinski definition) is 10. The van der Waals surface area contributed by atoms with Gasteiger partial charge in [0.1, 0.15) is 42.3 Å². The topological polar surface area (TPSA) is 479 Å². The van der Waals surface area contributed by atoms with Crippen LogP contribution in [0.15, 0.2) is 0 Å². The number of urea groups is 7. The van der Waals surface area contributed by atoms with E-state index in [1.807, 2.05) is 80.0 Å². The van der Waals surface area contributed by atoms with E-state index < -0.39 is 36.3 Å². The second-order valence-corrected chi connectivity index (χ2v) is 37.5. The Morgan fingerprint density at radius 3 is 0.716 bits per heavy atom. The van der Waals surface area contributed by atoms with Gasteiger partial charge in [0.15, 0.2) is 0 Å². The normalized spacial score (nSPS) is 26.5. The Morgan fingerprint density at radius 1 is 0.306 bits per heavy atom. The fourth-order valence-corrected chi connectivity index (χ4v) is 18.0. The highest BCUT2D eigenvalue weighted by molar-refractivity contribution is 5.93. The van der Waals surface area contributed by atoms with Gasteiger partial charge in [-0.1, -0.05) is 19.8 Å². The average molecular weight is 1910 g/mol. The zero-order valence-electron chi connectivity index (χ0n) is 82.7. The molecule has 0 saturated carbocycles. The van der Waals surface area contributed by atoms with Crippen molar-refractivity contribution >= 4 is 83.6 Å². The lowest BCUT2D eigenvalue weighted by Gasteiger charge is -2.29. The molecule has 14 rings (SSSR count). The summed E-state index contributed by atoms with van der Waals surface area (Å²) < 4.78 is 0. The Bertz CT molecular complexity index is 3730. The third-order valence-corrected chi connectivity index (χ3v) is 27.6. The van der Waals surface area contributed by atoms with Crippen LogP contribution in [0.3, 0.4) is 0 Å². The maximum atomic E-state index is 12.2. The van der Waals surface area contributed by atoms with Crippen LogP contribution in [0, 0.1) is 0 Å². The van der Waals surface area contributed by atoms with Crippen molar-refractivity contribution in [2.24, 2.45) is 0 Å². The Kier molecular flexibility index (Phi) is 43.8. The molecule has 21 amide bonds. The van der Waals surface area contributed by atoms with Gasteiger partial charge in [-0.25, -0.2) is 71.9 Å². The van der Waals surface area contributed by atoms with Crippen LogP contribution in [0.5, 0.6) is 0 Å². The van der Waals surface area contributed by atoms with Crippen LogP contribution in [-0.4, -0.2) is 494 Å². The highest BCUT2D eigenvalue weighted by Crippen LogP contribution is 2.35. The smallest absolute Gasteiger partial charge is 0.320 e. The molecule has 134 heavy (non-hydrogen) atoms. The lowest BCUT2D eigenvalue weighted by molar-refractivity contribution is -0.139. The first kappa shape index (κ1) is 110. The summed E-state index contributed by atoms with van der Waals surface area (Å²) in [5, 5.41) is 8.93. The SMILES string of the molecule is CC(C)N(C)CCONC(=O)[C@@H]1CC[C@@H]2CN1C(=O)N2C.CCCCCONC(=O)[C@@H]1CC[C@@H]2CN1C(=O)N2C.CN(C)CCONC(=O)[C@@H]1CC[C@@H]2CN1C(=O)N2C.CN(C)CCONC(=O)[C@@H]1CC[C@@H]2CN1C(=O)N2C.CNCCONC(=O)[C@@H]1CC[C@@H]2CN1C(=O)N2C.CN[C@@H](C)CONC(=O)[C@@H]1CC[C@@H]2CN1C(=O)N2C.CN[C@H](C)CONC(=O)[C@@H]1CC[C@@H]2CN1C(=O)N2C. The number of nitrogens with zero attached hydrogens (tertiary/aromatic N) is 17. The van der Waals surface area contributed by atoms with Crippen LogP contribution in [0.4, 0.5) is 33.6 Å². The quantitative estimate of drug-likeness (QED) is 0.0253. The van der Waals surface area contributed by atoms with Crippen molar-refractivity contribution in [3.8, 4) is 0 Å². The Balaban J connectivity index is 0.000000192. The second kappa shape index (κ2) is 53.4. The van der Waals surface area contributed by atoms with Crippen LogP contribution in [-0.2, 0) is 67.4 Å². The molecule has 14 heterocycles. The Morgan fingerprint density at radius 2 is 0.515 bits per heavy atom. The number of carbonyl (C=O) groups excluding carboxylic acids is 14. The van der Waals surface area contributed by atoms with Crippen LogP contribution < -0.4 is 54.3 Å². The molecular formula is C86H157N27O21.